The van der Waals surface area contributed by atoms with E-state index in [1.165, 1.54) is 5.56 Å². The number of hydrogen-bond donors (Lipinski definition) is 2. The lowest BCUT2D eigenvalue weighted by Gasteiger charge is -2.33. The zero-order chi connectivity index (χ0) is 20.7. The van der Waals surface area contributed by atoms with Crippen LogP contribution in [-0.2, 0) is 5.41 Å². The van der Waals surface area contributed by atoms with E-state index in [-0.39, 0.29) is 23.5 Å². The van der Waals surface area contributed by atoms with Crippen LogP contribution >= 0.6 is 0 Å². The highest BCUT2D eigenvalue weighted by Gasteiger charge is 2.29. The summed E-state index contributed by atoms with van der Waals surface area (Å²) in [6, 6.07) is 18.0. The minimum absolute atomic E-state index is 0.0133. The molecule has 0 aliphatic rings. The summed E-state index contributed by atoms with van der Waals surface area (Å²) in [6.07, 6.45) is 0. The standard InChI is InChI=1S/C23H33N3O2/c1-17(23(2,3)18-12-8-7-9-13-18)25-22(27)24-16-20(26(4)5)19-14-10-11-15-21(19)28-6/h7-15,17,20H,16H2,1-6H3,(H2,24,25,27). The molecular formula is C23H33N3O2. The first-order valence-electron chi connectivity index (χ1n) is 9.66. The maximum Gasteiger partial charge on any atom is 0.315 e. The average Bonchev–Trinajstić information content (AvgIpc) is 2.68. The molecule has 0 radical (unpaired) electrons. The van der Waals surface area contributed by atoms with Crippen LogP contribution in [0.3, 0.4) is 0 Å². The van der Waals surface area contributed by atoms with Gasteiger partial charge in [-0.2, -0.15) is 0 Å². The monoisotopic (exact) mass is 383 g/mol. The van der Waals surface area contributed by atoms with E-state index >= 15 is 0 Å². The number of rotatable bonds is 8. The molecule has 2 atom stereocenters. The number of likely N-dealkylation sites (N-methyl/N-ethyl adjacent to an activating group) is 1. The Bertz CT molecular complexity index is 759. The Morgan fingerprint density at radius 2 is 1.68 bits per heavy atom. The summed E-state index contributed by atoms with van der Waals surface area (Å²) in [5, 5.41) is 6.11. The van der Waals surface area contributed by atoms with Crippen molar-refractivity contribution in [1.29, 1.82) is 0 Å². The van der Waals surface area contributed by atoms with E-state index < -0.39 is 0 Å². The van der Waals surface area contributed by atoms with Crippen LogP contribution in [0.25, 0.3) is 0 Å². The molecule has 5 nitrogen and oxygen atoms in total. The third kappa shape index (κ3) is 5.26. The number of methoxy groups -OCH3 is 1. The van der Waals surface area contributed by atoms with Gasteiger partial charge in [0.1, 0.15) is 5.75 Å². The summed E-state index contributed by atoms with van der Waals surface area (Å²) >= 11 is 0. The fourth-order valence-electron chi connectivity index (χ4n) is 3.25. The van der Waals surface area contributed by atoms with Gasteiger partial charge in [-0.25, -0.2) is 4.79 Å². The number of hydrogen-bond acceptors (Lipinski definition) is 3. The topological polar surface area (TPSA) is 53.6 Å². The number of nitrogens with zero attached hydrogens (tertiary/aromatic N) is 1. The number of para-hydroxylation sites is 1. The summed E-state index contributed by atoms with van der Waals surface area (Å²) in [4.78, 5) is 14.7. The molecule has 2 unspecified atom stereocenters. The second-order valence-electron chi connectivity index (χ2n) is 7.89. The van der Waals surface area contributed by atoms with Crippen LogP contribution < -0.4 is 15.4 Å². The minimum atomic E-state index is -0.178. The van der Waals surface area contributed by atoms with Crippen molar-refractivity contribution < 1.29 is 9.53 Å². The number of ether oxygens (including phenoxy) is 1. The van der Waals surface area contributed by atoms with Crippen molar-refractivity contribution in [3.8, 4) is 5.75 Å². The highest BCUT2D eigenvalue weighted by molar-refractivity contribution is 5.74. The maximum atomic E-state index is 12.6. The van der Waals surface area contributed by atoms with Crippen LogP contribution in [0.5, 0.6) is 5.75 Å². The van der Waals surface area contributed by atoms with Crippen molar-refractivity contribution >= 4 is 6.03 Å². The third-order valence-corrected chi connectivity index (χ3v) is 5.53. The molecule has 0 aromatic heterocycles. The van der Waals surface area contributed by atoms with Gasteiger partial charge in [-0.1, -0.05) is 62.4 Å². The van der Waals surface area contributed by atoms with Crippen molar-refractivity contribution in [3.63, 3.8) is 0 Å². The van der Waals surface area contributed by atoms with E-state index in [1.54, 1.807) is 7.11 Å². The highest BCUT2D eigenvalue weighted by atomic mass is 16.5. The minimum Gasteiger partial charge on any atom is -0.496 e. The van der Waals surface area contributed by atoms with E-state index in [9.17, 15) is 4.79 Å². The normalized spacial score (nSPS) is 13.7. The van der Waals surface area contributed by atoms with Gasteiger partial charge in [0.2, 0.25) is 0 Å². The first-order valence-corrected chi connectivity index (χ1v) is 9.66. The van der Waals surface area contributed by atoms with Gasteiger partial charge in [0.25, 0.3) is 0 Å². The fraction of sp³-hybridized carbons (Fsp3) is 0.435. The highest BCUT2D eigenvalue weighted by Crippen LogP contribution is 2.28. The van der Waals surface area contributed by atoms with E-state index in [2.05, 4.69) is 41.5 Å². The largest absolute Gasteiger partial charge is 0.496 e. The van der Waals surface area contributed by atoms with Crippen molar-refractivity contribution in [2.75, 3.05) is 27.7 Å². The average molecular weight is 384 g/mol. The molecular weight excluding hydrogens is 350 g/mol. The Balaban J connectivity index is 2.01. The molecule has 152 valence electrons. The zero-order valence-electron chi connectivity index (χ0n) is 17.8. The van der Waals surface area contributed by atoms with Gasteiger partial charge in [-0.3, -0.25) is 0 Å². The lowest BCUT2D eigenvalue weighted by molar-refractivity contribution is 0.223. The van der Waals surface area contributed by atoms with Gasteiger partial charge in [-0.15, -0.1) is 0 Å². The maximum absolute atomic E-state index is 12.6. The second-order valence-corrected chi connectivity index (χ2v) is 7.89. The molecule has 2 rings (SSSR count). The third-order valence-electron chi connectivity index (χ3n) is 5.53. The number of urea groups is 1. The van der Waals surface area contributed by atoms with Gasteiger partial charge in [0.05, 0.1) is 13.2 Å². The predicted molar refractivity (Wildman–Crippen MR) is 115 cm³/mol. The number of benzene rings is 2. The van der Waals surface area contributed by atoms with Crippen molar-refractivity contribution in [2.24, 2.45) is 0 Å². The number of nitrogens with one attached hydrogen (secondary N) is 2. The Morgan fingerprint density at radius 1 is 1.07 bits per heavy atom. The van der Waals surface area contributed by atoms with Gasteiger partial charge >= 0.3 is 6.03 Å². The van der Waals surface area contributed by atoms with Crippen LogP contribution in [0.4, 0.5) is 4.79 Å². The molecule has 0 aliphatic carbocycles. The molecule has 0 saturated heterocycles. The number of carbonyl (C=O) groups excluding carboxylic acids is 1. The van der Waals surface area contributed by atoms with Crippen molar-refractivity contribution in [2.45, 2.75) is 38.3 Å². The van der Waals surface area contributed by atoms with Gasteiger partial charge < -0.3 is 20.3 Å². The quantitative estimate of drug-likeness (QED) is 0.725. The Hall–Kier alpha value is -2.53. The first kappa shape index (κ1) is 21.8. The molecule has 2 amide bonds. The molecule has 28 heavy (non-hydrogen) atoms. The van der Waals surface area contributed by atoms with Crippen LogP contribution in [0.1, 0.15) is 37.9 Å². The molecule has 0 saturated carbocycles. The second kappa shape index (κ2) is 9.60. The molecule has 0 heterocycles. The number of amides is 2. The number of carbonyl (C=O) groups is 1. The van der Waals surface area contributed by atoms with Crippen LogP contribution in [0, 0.1) is 0 Å². The van der Waals surface area contributed by atoms with E-state index in [0.717, 1.165) is 11.3 Å². The van der Waals surface area contributed by atoms with Crippen molar-refractivity contribution in [1.82, 2.24) is 15.5 Å². The van der Waals surface area contributed by atoms with Gasteiger partial charge in [0.15, 0.2) is 0 Å². The molecule has 2 aromatic rings. The van der Waals surface area contributed by atoms with E-state index in [1.807, 2.05) is 63.5 Å². The summed E-state index contributed by atoms with van der Waals surface area (Å²) in [6.45, 7) is 6.81. The van der Waals surface area contributed by atoms with Crippen LogP contribution in [0.15, 0.2) is 54.6 Å². The SMILES string of the molecule is COc1ccccc1C(CNC(=O)NC(C)C(C)(C)c1ccccc1)N(C)C. The van der Waals surface area contributed by atoms with E-state index in [0.29, 0.717) is 6.54 Å². The lowest BCUT2D eigenvalue weighted by atomic mass is 9.78. The Kier molecular flexibility index (Phi) is 7.46. The molecule has 5 heteroatoms. The van der Waals surface area contributed by atoms with Crippen LogP contribution in [0.2, 0.25) is 0 Å². The van der Waals surface area contributed by atoms with Gasteiger partial charge in [0, 0.05) is 23.6 Å². The predicted octanol–water partition coefficient (Wildman–Crippen LogP) is 3.96. The summed E-state index contributed by atoms with van der Waals surface area (Å²) < 4.78 is 5.49. The molecule has 0 spiro atoms. The zero-order valence-corrected chi connectivity index (χ0v) is 17.8. The lowest BCUT2D eigenvalue weighted by Crippen LogP contribution is -2.50. The first-order chi connectivity index (χ1) is 13.3. The summed E-state index contributed by atoms with van der Waals surface area (Å²) in [5.74, 6) is 0.821. The summed E-state index contributed by atoms with van der Waals surface area (Å²) in [5.41, 5.74) is 2.07. The van der Waals surface area contributed by atoms with Crippen LogP contribution in [-0.4, -0.2) is 44.7 Å². The van der Waals surface area contributed by atoms with Gasteiger partial charge in [-0.05, 0) is 32.6 Å². The van der Waals surface area contributed by atoms with E-state index in [4.69, 9.17) is 4.74 Å². The Morgan fingerprint density at radius 3 is 2.29 bits per heavy atom. The molecule has 2 aromatic carbocycles. The fourth-order valence-corrected chi connectivity index (χ4v) is 3.25. The summed E-state index contributed by atoms with van der Waals surface area (Å²) in [7, 11) is 5.66. The van der Waals surface area contributed by atoms with Crippen molar-refractivity contribution in [3.05, 3.63) is 65.7 Å². The molecule has 0 bridgehead atoms. The Labute approximate surface area is 169 Å². The molecule has 0 fully saturated rings. The molecule has 0 aliphatic heterocycles. The smallest absolute Gasteiger partial charge is 0.315 e. The molecule has 2 N–H and O–H groups in total.